The molecule has 0 saturated heterocycles. The van der Waals surface area contributed by atoms with Crippen LogP contribution in [0.3, 0.4) is 0 Å². The number of hydrogen-bond donors (Lipinski definition) is 1. The van der Waals surface area contributed by atoms with Gasteiger partial charge in [0.05, 0.1) is 0 Å². The second-order valence-electron chi connectivity index (χ2n) is 9.29. The first kappa shape index (κ1) is 25.2. The van der Waals surface area contributed by atoms with Crippen LogP contribution < -0.4 is 5.32 Å². The van der Waals surface area contributed by atoms with E-state index in [1.165, 1.54) is 17.0 Å². The summed E-state index contributed by atoms with van der Waals surface area (Å²) in [5.74, 6) is -0.303. The SMILES string of the molecule is Cc1ccc(CCN(C(=O)CCl)[C@H](C(=O)N[C@@H]2CCC[C@@H](C)[C@@H]2C)c2ccc(F)cc2)cc1. The molecule has 178 valence electrons. The average Bonchev–Trinajstić information content (AvgIpc) is 2.81. The van der Waals surface area contributed by atoms with Gasteiger partial charge in [-0.3, -0.25) is 9.59 Å². The summed E-state index contributed by atoms with van der Waals surface area (Å²) in [5, 5.41) is 3.21. The van der Waals surface area contributed by atoms with E-state index in [2.05, 4.69) is 19.2 Å². The van der Waals surface area contributed by atoms with Gasteiger partial charge in [-0.1, -0.05) is 68.7 Å². The van der Waals surface area contributed by atoms with Crippen molar-refractivity contribution >= 4 is 23.4 Å². The minimum Gasteiger partial charge on any atom is -0.351 e. The highest BCUT2D eigenvalue weighted by molar-refractivity contribution is 6.27. The number of rotatable bonds is 8. The maximum Gasteiger partial charge on any atom is 0.247 e. The molecule has 1 fully saturated rings. The van der Waals surface area contributed by atoms with Gasteiger partial charge in [0.25, 0.3) is 0 Å². The third kappa shape index (κ3) is 6.57. The minimum atomic E-state index is -0.869. The van der Waals surface area contributed by atoms with Crippen molar-refractivity contribution in [1.82, 2.24) is 10.2 Å². The number of nitrogens with zero attached hydrogens (tertiary/aromatic N) is 1. The Morgan fingerprint density at radius 3 is 2.39 bits per heavy atom. The molecule has 1 aliphatic carbocycles. The second kappa shape index (κ2) is 11.6. The van der Waals surface area contributed by atoms with Crippen molar-refractivity contribution in [3.63, 3.8) is 0 Å². The quantitative estimate of drug-likeness (QED) is 0.521. The van der Waals surface area contributed by atoms with Gasteiger partial charge in [0.15, 0.2) is 0 Å². The van der Waals surface area contributed by atoms with Crippen molar-refractivity contribution in [3.8, 4) is 0 Å². The van der Waals surface area contributed by atoms with Crippen molar-refractivity contribution in [2.24, 2.45) is 11.8 Å². The molecule has 3 rings (SSSR count). The smallest absolute Gasteiger partial charge is 0.247 e. The molecule has 2 aromatic rings. The van der Waals surface area contributed by atoms with Crippen LogP contribution in [0.5, 0.6) is 0 Å². The van der Waals surface area contributed by atoms with Crippen LogP contribution in [0.2, 0.25) is 0 Å². The second-order valence-corrected chi connectivity index (χ2v) is 9.56. The summed E-state index contributed by atoms with van der Waals surface area (Å²) in [6, 6.07) is 13.1. The van der Waals surface area contributed by atoms with Crippen LogP contribution in [0.15, 0.2) is 48.5 Å². The number of nitrogens with one attached hydrogen (secondary N) is 1. The van der Waals surface area contributed by atoms with Gasteiger partial charge in [-0.15, -0.1) is 11.6 Å². The van der Waals surface area contributed by atoms with E-state index in [-0.39, 0.29) is 29.6 Å². The molecular formula is C27H34ClFN2O2. The average molecular weight is 473 g/mol. The third-order valence-corrected chi connectivity index (χ3v) is 7.21. The van der Waals surface area contributed by atoms with Crippen LogP contribution in [0.25, 0.3) is 0 Å². The summed E-state index contributed by atoms with van der Waals surface area (Å²) in [5.41, 5.74) is 2.81. The summed E-state index contributed by atoms with van der Waals surface area (Å²) in [7, 11) is 0. The normalized spacial score (nSPS) is 21.3. The molecular weight excluding hydrogens is 439 g/mol. The zero-order chi connectivity index (χ0) is 24.0. The van der Waals surface area contributed by atoms with Crippen molar-refractivity contribution in [2.75, 3.05) is 12.4 Å². The first-order valence-corrected chi connectivity index (χ1v) is 12.3. The number of benzene rings is 2. The lowest BCUT2D eigenvalue weighted by Gasteiger charge is -2.37. The van der Waals surface area contributed by atoms with Crippen LogP contribution in [-0.4, -0.2) is 35.2 Å². The molecule has 1 aliphatic rings. The fourth-order valence-electron chi connectivity index (χ4n) is 4.64. The lowest BCUT2D eigenvalue weighted by Crippen LogP contribution is -2.50. The van der Waals surface area contributed by atoms with Crippen LogP contribution in [0.1, 0.15) is 55.8 Å². The number of halogens is 2. The largest absolute Gasteiger partial charge is 0.351 e. The van der Waals surface area contributed by atoms with Gasteiger partial charge in [-0.25, -0.2) is 4.39 Å². The lowest BCUT2D eigenvalue weighted by molar-refractivity contribution is -0.139. The predicted molar refractivity (Wildman–Crippen MR) is 131 cm³/mol. The molecule has 0 spiro atoms. The molecule has 6 heteroatoms. The Balaban J connectivity index is 1.88. The number of carbonyl (C=O) groups excluding carboxylic acids is 2. The molecule has 1 N–H and O–H groups in total. The zero-order valence-corrected chi connectivity index (χ0v) is 20.4. The van der Waals surface area contributed by atoms with E-state index < -0.39 is 6.04 Å². The summed E-state index contributed by atoms with van der Waals surface area (Å²) in [4.78, 5) is 28.1. The van der Waals surface area contributed by atoms with Crippen LogP contribution >= 0.6 is 11.6 Å². The molecule has 0 heterocycles. The van der Waals surface area contributed by atoms with E-state index in [4.69, 9.17) is 11.6 Å². The maximum atomic E-state index is 13.6. The van der Waals surface area contributed by atoms with Crippen molar-refractivity contribution in [3.05, 3.63) is 71.0 Å². The molecule has 4 atom stereocenters. The first-order chi connectivity index (χ1) is 15.8. The number of amides is 2. The maximum absolute atomic E-state index is 13.6. The number of aryl methyl sites for hydroxylation is 1. The van der Waals surface area contributed by atoms with Gasteiger partial charge < -0.3 is 10.2 Å². The monoisotopic (exact) mass is 472 g/mol. The summed E-state index contributed by atoms with van der Waals surface area (Å²) >= 11 is 5.96. The van der Waals surface area contributed by atoms with Gasteiger partial charge in [0.2, 0.25) is 11.8 Å². The summed E-state index contributed by atoms with van der Waals surface area (Å²) < 4.78 is 13.6. The molecule has 0 unspecified atom stereocenters. The molecule has 2 amide bonds. The highest BCUT2D eigenvalue weighted by Crippen LogP contribution is 2.31. The van der Waals surface area contributed by atoms with E-state index in [1.54, 1.807) is 12.1 Å². The Morgan fingerprint density at radius 1 is 1.09 bits per heavy atom. The molecule has 0 radical (unpaired) electrons. The van der Waals surface area contributed by atoms with Gasteiger partial charge in [0.1, 0.15) is 17.7 Å². The van der Waals surface area contributed by atoms with Gasteiger partial charge in [-0.05, 0) is 54.9 Å². The minimum absolute atomic E-state index is 0.0502. The van der Waals surface area contributed by atoms with E-state index >= 15 is 0 Å². The van der Waals surface area contributed by atoms with Crippen LogP contribution in [0.4, 0.5) is 4.39 Å². The van der Waals surface area contributed by atoms with E-state index in [0.717, 1.165) is 30.4 Å². The number of alkyl halides is 1. The van der Waals surface area contributed by atoms with Crippen molar-refractivity contribution < 1.29 is 14.0 Å². The fourth-order valence-corrected chi connectivity index (χ4v) is 4.80. The molecule has 0 aliphatic heterocycles. The molecule has 0 aromatic heterocycles. The lowest BCUT2D eigenvalue weighted by atomic mass is 9.78. The first-order valence-electron chi connectivity index (χ1n) is 11.8. The number of hydrogen-bond acceptors (Lipinski definition) is 2. The topological polar surface area (TPSA) is 49.4 Å². The van der Waals surface area contributed by atoms with Gasteiger partial charge in [-0.2, -0.15) is 0 Å². The Kier molecular flexibility index (Phi) is 8.90. The predicted octanol–water partition coefficient (Wildman–Crippen LogP) is 5.43. The van der Waals surface area contributed by atoms with E-state index in [1.807, 2.05) is 31.2 Å². The highest BCUT2D eigenvalue weighted by Gasteiger charge is 2.35. The molecule has 1 saturated carbocycles. The van der Waals surface area contributed by atoms with E-state index in [0.29, 0.717) is 30.4 Å². The molecule has 0 bridgehead atoms. The number of carbonyl (C=O) groups is 2. The van der Waals surface area contributed by atoms with E-state index in [9.17, 15) is 14.0 Å². The Morgan fingerprint density at radius 2 is 1.76 bits per heavy atom. The van der Waals surface area contributed by atoms with Gasteiger partial charge in [0, 0.05) is 12.6 Å². The Labute approximate surface area is 201 Å². The highest BCUT2D eigenvalue weighted by atomic mass is 35.5. The zero-order valence-electron chi connectivity index (χ0n) is 19.7. The Bertz CT molecular complexity index is 932. The van der Waals surface area contributed by atoms with Gasteiger partial charge >= 0.3 is 0 Å². The Hall–Kier alpha value is -2.40. The van der Waals surface area contributed by atoms with Crippen molar-refractivity contribution in [2.45, 2.75) is 58.5 Å². The molecule has 33 heavy (non-hydrogen) atoms. The summed E-state index contributed by atoms with van der Waals surface area (Å²) in [6.45, 7) is 6.74. The molecule has 4 nitrogen and oxygen atoms in total. The summed E-state index contributed by atoms with van der Waals surface area (Å²) in [6.07, 6.45) is 3.72. The fraction of sp³-hybridized carbons (Fsp3) is 0.481. The third-order valence-electron chi connectivity index (χ3n) is 6.98. The standard InChI is InChI=1S/C27H34ClFN2O2/c1-18-7-9-21(10-8-18)15-16-31(25(32)17-28)26(22-11-13-23(29)14-12-22)27(33)30-24-6-4-5-19(2)20(24)3/h7-14,19-20,24,26H,4-6,15-17H2,1-3H3,(H,30,33)/t19-,20+,24-,26+/m1/s1. The van der Waals surface area contributed by atoms with Crippen LogP contribution in [0, 0.1) is 24.6 Å². The van der Waals surface area contributed by atoms with Crippen LogP contribution in [-0.2, 0) is 16.0 Å². The van der Waals surface area contributed by atoms with Crippen molar-refractivity contribution in [1.29, 1.82) is 0 Å². The molecule has 2 aromatic carbocycles.